The van der Waals surface area contributed by atoms with Crippen LogP contribution in [0.4, 0.5) is 0 Å². The summed E-state index contributed by atoms with van der Waals surface area (Å²) in [7, 11) is 0. The van der Waals surface area contributed by atoms with Gasteiger partial charge in [-0.1, -0.05) is 77.8 Å². The summed E-state index contributed by atoms with van der Waals surface area (Å²) < 4.78 is 0. The average Bonchev–Trinajstić information content (AvgIpc) is 2.49. The van der Waals surface area contributed by atoms with Crippen molar-refractivity contribution < 1.29 is 0 Å². The van der Waals surface area contributed by atoms with E-state index < -0.39 is 0 Å². The molecule has 0 atom stereocenters. The average molecular weight is 301 g/mol. The van der Waals surface area contributed by atoms with Crippen LogP contribution in [0.1, 0.15) is 0 Å². The molecule has 0 N–H and O–H groups in total. The third-order valence-electron chi connectivity index (χ3n) is 3.04. The van der Waals surface area contributed by atoms with Crippen molar-refractivity contribution >= 4 is 23.2 Å². The smallest absolute Gasteiger partial charge is 0.141 e. The van der Waals surface area contributed by atoms with Gasteiger partial charge in [-0.05, 0) is 16.7 Å². The fourth-order valence-corrected chi connectivity index (χ4v) is 2.58. The van der Waals surface area contributed by atoms with Gasteiger partial charge in [0.25, 0.3) is 0 Å². The first-order valence-corrected chi connectivity index (χ1v) is 6.83. The summed E-state index contributed by atoms with van der Waals surface area (Å²) in [5.74, 6) is 0. The van der Waals surface area contributed by atoms with Gasteiger partial charge in [-0.3, -0.25) is 0 Å². The van der Waals surface area contributed by atoms with E-state index in [2.05, 4.69) is 22.1 Å². The number of benzene rings is 2. The van der Waals surface area contributed by atoms with Crippen molar-refractivity contribution in [3.05, 3.63) is 71.2 Å². The molecule has 2 aromatic carbocycles. The van der Waals surface area contributed by atoms with Crippen molar-refractivity contribution in [3.63, 3.8) is 0 Å². The van der Waals surface area contributed by atoms with E-state index in [4.69, 9.17) is 23.2 Å². The Balaban J connectivity index is 2.02. The van der Waals surface area contributed by atoms with Gasteiger partial charge in [-0.2, -0.15) is 0 Å². The zero-order chi connectivity index (χ0) is 13.9. The minimum atomic E-state index is 0.359. The second kappa shape index (κ2) is 5.61. The van der Waals surface area contributed by atoms with Gasteiger partial charge in [0.1, 0.15) is 16.6 Å². The lowest BCUT2D eigenvalue weighted by atomic mass is 10.0. The summed E-state index contributed by atoms with van der Waals surface area (Å²) in [5, 5.41) is 0.718. The lowest BCUT2D eigenvalue weighted by molar-refractivity contribution is 1.17. The molecular weight excluding hydrogens is 291 g/mol. The fraction of sp³-hybridized carbons (Fsp3) is 0. The van der Waals surface area contributed by atoms with Gasteiger partial charge in [-0.25, -0.2) is 9.97 Å². The van der Waals surface area contributed by atoms with Gasteiger partial charge in [0.2, 0.25) is 0 Å². The first kappa shape index (κ1) is 13.1. The SMILES string of the molecule is Clc1ncnc(Cl)c1-c1ccc(-c2ccccc2)cc1. The minimum Gasteiger partial charge on any atom is -0.224 e. The van der Waals surface area contributed by atoms with Crippen LogP contribution in [0.3, 0.4) is 0 Å². The van der Waals surface area contributed by atoms with E-state index >= 15 is 0 Å². The number of hydrogen-bond donors (Lipinski definition) is 0. The number of hydrogen-bond acceptors (Lipinski definition) is 2. The third-order valence-corrected chi connectivity index (χ3v) is 3.61. The highest BCUT2D eigenvalue weighted by atomic mass is 35.5. The van der Waals surface area contributed by atoms with E-state index in [-0.39, 0.29) is 0 Å². The van der Waals surface area contributed by atoms with Crippen LogP contribution in [0.15, 0.2) is 60.9 Å². The maximum Gasteiger partial charge on any atom is 0.141 e. The Labute approximate surface area is 127 Å². The Morgan fingerprint density at radius 3 is 1.70 bits per heavy atom. The normalized spacial score (nSPS) is 10.5. The molecule has 0 aliphatic heterocycles. The molecular formula is C16H10Cl2N2. The molecule has 20 heavy (non-hydrogen) atoms. The maximum absolute atomic E-state index is 6.09. The molecule has 1 heterocycles. The Morgan fingerprint density at radius 2 is 1.10 bits per heavy atom. The third kappa shape index (κ3) is 2.53. The van der Waals surface area contributed by atoms with Crippen LogP contribution in [0.5, 0.6) is 0 Å². The van der Waals surface area contributed by atoms with Gasteiger partial charge in [0.05, 0.1) is 5.56 Å². The van der Waals surface area contributed by atoms with E-state index in [9.17, 15) is 0 Å². The molecule has 0 aliphatic rings. The van der Waals surface area contributed by atoms with E-state index in [1.165, 1.54) is 11.9 Å². The van der Waals surface area contributed by atoms with Crippen LogP contribution in [-0.2, 0) is 0 Å². The molecule has 0 saturated carbocycles. The monoisotopic (exact) mass is 300 g/mol. The van der Waals surface area contributed by atoms with Gasteiger partial charge < -0.3 is 0 Å². The maximum atomic E-state index is 6.09. The second-order valence-corrected chi connectivity index (χ2v) is 4.99. The minimum absolute atomic E-state index is 0.359. The topological polar surface area (TPSA) is 25.8 Å². The number of rotatable bonds is 2. The van der Waals surface area contributed by atoms with Gasteiger partial charge >= 0.3 is 0 Å². The molecule has 3 aromatic rings. The van der Waals surface area contributed by atoms with Crippen LogP contribution in [0, 0.1) is 0 Å². The Kier molecular flexibility index (Phi) is 3.68. The highest BCUT2D eigenvalue weighted by molar-refractivity contribution is 6.37. The molecule has 3 rings (SSSR count). The molecule has 2 nitrogen and oxygen atoms in total. The van der Waals surface area contributed by atoms with E-state index in [1.54, 1.807) is 0 Å². The Bertz CT molecular complexity index is 705. The first-order chi connectivity index (χ1) is 9.75. The number of halogens is 2. The van der Waals surface area contributed by atoms with Gasteiger partial charge in [-0.15, -0.1) is 0 Å². The van der Waals surface area contributed by atoms with Crippen molar-refractivity contribution in [2.24, 2.45) is 0 Å². The Morgan fingerprint density at radius 1 is 0.600 bits per heavy atom. The van der Waals surface area contributed by atoms with Crippen LogP contribution >= 0.6 is 23.2 Å². The molecule has 4 heteroatoms. The zero-order valence-electron chi connectivity index (χ0n) is 10.4. The van der Waals surface area contributed by atoms with Crippen LogP contribution in [0.2, 0.25) is 10.3 Å². The second-order valence-electron chi connectivity index (χ2n) is 4.27. The highest BCUT2D eigenvalue weighted by Gasteiger charge is 2.10. The largest absolute Gasteiger partial charge is 0.224 e. The van der Waals surface area contributed by atoms with Crippen molar-refractivity contribution in [1.82, 2.24) is 9.97 Å². The predicted octanol–water partition coefficient (Wildman–Crippen LogP) is 5.12. The first-order valence-electron chi connectivity index (χ1n) is 6.07. The molecule has 0 bridgehead atoms. The van der Waals surface area contributed by atoms with Crippen molar-refractivity contribution in [1.29, 1.82) is 0 Å². The van der Waals surface area contributed by atoms with E-state index in [1.807, 2.05) is 42.5 Å². The van der Waals surface area contributed by atoms with Crippen molar-refractivity contribution in [2.45, 2.75) is 0 Å². The summed E-state index contributed by atoms with van der Waals surface area (Å²) in [5.41, 5.74) is 3.87. The predicted molar refractivity (Wildman–Crippen MR) is 82.9 cm³/mol. The van der Waals surface area contributed by atoms with Crippen molar-refractivity contribution in [3.8, 4) is 22.3 Å². The summed E-state index contributed by atoms with van der Waals surface area (Å²) in [6, 6.07) is 18.2. The Hall–Kier alpha value is -1.90. The van der Waals surface area contributed by atoms with E-state index in [0.29, 0.717) is 15.9 Å². The molecule has 0 fully saturated rings. The zero-order valence-corrected chi connectivity index (χ0v) is 11.9. The molecule has 0 radical (unpaired) electrons. The molecule has 0 saturated heterocycles. The lowest BCUT2D eigenvalue weighted by Gasteiger charge is -2.07. The highest BCUT2D eigenvalue weighted by Crippen LogP contribution is 2.32. The summed E-state index contributed by atoms with van der Waals surface area (Å²) in [6.07, 6.45) is 1.35. The van der Waals surface area contributed by atoms with Crippen LogP contribution in [0.25, 0.3) is 22.3 Å². The van der Waals surface area contributed by atoms with Gasteiger partial charge in [0.15, 0.2) is 0 Å². The summed E-state index contributed by atoms with van der Waals surface area (Å²) in [4.78, 5) is 7.93. The molecule has 0 aliphatic carbocycles. The van der Waals surface area contributed by atoms with Crippen molar-refractivity contribution in [2.75, 3.05) is 0 Å². The molecule has 1 aromatic heterocycles. The van der Waals surface area contributed by atoms with Crippen LogP contribution in [-0.4, -0.2) is 9.97 Å². The van der Waals surface area contributed by atoms with E-state index in [0.717, 1.165) is 11.1 Å². The molecule has 0 unspecified atom stereocenters. The molecule has 0 spiro atoms. The molecule has 98 valence electrons. The lowest BCUT2D eigenvalue weighted by Crippen LogP contribution is -1.88. The number of aromatic nitrogens is 2. The quantitative estimate of drug-likeness (QED) is 0.614. The standard InChI is InChI=1S/C16H10Cl2N2/c17-15-14(16(18)20-10-19-15)13-8-6-12(7-9-13)11-4-2-1-3-5-11/h1-10H. The van der Waals surface area contributed by atoms with Gasteiger partial charge in [0, 0.05) is 0 Å². The number of nitrogens with zero attached hydrogens (tertiary/aromatic N) is 2. The summed E-state index contributed by atoms with van der Waals surface area (Å²) >= 11 is 12.2. The van der Waals surface area contributed by atoms with Crippen LogP contribution < -0.4 is 0 Å². The molecule has 0 amide bonds. The summed E-state index contributed by atoms with van der Waals surface area (Å²) in [6.45, 7) is 0. The fourth-order valence-electron chi connectivity index (χ4n) is 2.04.